The number of carbonyl (C=O) groups excluding carboxylic acids is 2. The largest absolute Gasteiger partial charge is 0.493 e. The summed E-state index contributed by atoms with van der Waals surface area (Å²) in [5.41, 5.74) is 2.02. The van der Waals surface area contributed by atoms with Crippen molar-refractivity contribution in [3.8, 4) is 17.1 Å². The summed E-state index contributed by atoms with van der Waals surface area (Å²) in [6.07, 6.45) is 0. The van der Waals surface area contributed by atoms with Crippen LogP contribution in [0.5, 0.6) is 5.75 Å². The minimum absolute atomic E-state index is 0.0450. The van der Waals surface area contributed by atoms with Crippen LogP contribution >= 0.6 is 11.8 Å². The first kappa shape index (κ1) is 21.6. The van der Waals surface area contributed by atoms with E-state index in [1.54, 1.807) is 24.3 Å². The van der Waals surface area contributed by atoms with Crippen LogP contribution < -0.4 is 10.1 Å². The summed E-state index contributed by atoms with van der Waals surface area (Å²) in [6.45, 7) is 6.66. The van der Waals surface area contributed by atoms with E-state index in [-0.39, 0.29) is 17.4 Å². The second kappa shape index (κ2) is 10.1. The van der Waals surface area contributed by atoms with E-state index in [1.165, 1.54) is 18.7 Å². The first-order chi connectivity index (χ1) is 14.5. The van der Waals surface area contributed by atoms with Crippen LogP contribution in [0.2, 0.25) is 0 Å². The van der Waals surface area contributed by atoms with Gasteiger partial charge < -0.3 is 14.6 Å². The van der Waals surface area contributed by atoms with Gasteiger partial charge in [-0.1, -0.05) is 36.0 Å². The van der Waals surface area contributed by atoms with Crippen molar-refractivity contribution in [1.82, 2.24) is 14.8 Å². The van der Waals surface area contributed by atoms with Crippen LogP contribution in [0.1, 0.15) is 31.1 Å². The number of ether oxygens (including phenoxy) is 1. The van der Waals surface area contributed by atoms with Crippen molar-refractivity contribution in [2.75, 3.05) is 17.7 Å². The molecule has 0 spiro atoms. The average Bonchev–Trinajstić information content (AvgIpc) is 3.16. The Labute approximate surface area is 179 Å². The van der Waals surface area contributed by atoms with E-state index in [2.05, 4.69) is 15.5 Å². The van der Waals surface area contributed by atoms with Crippen molar-refractivity contribution in [3.63, 3.8) is 0 Å². The third kappa shape index (κ3) is 5.07. The first-order valence-electron chi connectivity index (χ1n) is 9.72. The monoisotopic (exact) mass is 424 g/mol. The van der Waals surface area contributed by atoms with Gasteiger partial charge in [0.1, 0.15) is 5.75 Å². The van der Waals surface area contributed by atoms with E-state index in [9.17, 15) is 9.59 Å². The Bertz CT molecular complexity index is 1050. The molecule has 0 bridgehead atoms. The quantitative estimate of drug-likeness (QED) is 0.407. The highest BCUT2D eigenvalue weighted by Gasteiger charge is 2.17. The molecule has 0 atom stereocenters. The van der Waals surface area contributed by atoms with Crippen molar-refractivity contribution >= 4 is 29.1 Å². The second-order valence-electron chi connectivity index (χ2n) is 6.45. The molecule has 2 aromatic carbocycles. The molecule has 0 aliphatic heterocycles. The lowest BCUT2D eigenvalue weighted by Crippen LogP contribution is -2.15. The molecule has 1 aromatic heterocycles. The molecule has 0 saturated carbocycles. The lowest BCUT2D eigenvalue weighted by atomic mass is 10.1. The number of carbonyl (C=O) groups is 2. The highest BCUT2D eigenvalue weighted by molar-refractivity contribution is 7.99. The van der Waals surface area contributed by atoms with Gasteiger partial charge in [0.2, 0.25) is 5.91 Å². The molecule has 8 heteroatoms. The molecule has 0 radical (unpaired) electrons. The molecule has 0 unspecified atom stereocenters. The van der Waals surface area contributed by atoms with Crippen molar-refractivity contribution in [3.05, 3.63) is 54.1 Å². The summed E-state index contributed by atoms with van der Waals surface area (Å²) in [4.78, 5) is 23.9. The van der Waals surface area contributed by atoms with E-state index in [0.29, 0.717) is 35.4 Å². The molecule has 0 aliphatic carbocycles. The second-order valence-corrected chi connectivity index (χ2v) is 7.40. The number of Topliss-reactive ketones (excluding diaryl/α,β-unsaturated/α-hetero) is 1. The molecule has 1 heterocycles. The van der Waals surface area contributed by atoms with E-state index >= 15 is 0 Å². The Hall–Kier alpha value is -3.13. The standard InChI is InChI=1S/C22H24N4O3S/c1-4-26-21(18-11-6-7-12-19(18)29-5-2)24-25-22(26)30-14-20(28)23-17-10-8-9-16(13-17)15(3)27/h6-13H,4-5,14H2,1-3H3,(H,23,28). The number of benzene rings is 2. The number of rotatable bonds is 9. The average molecular weight is 425 g/mol. The van der Waals surface area contributed by atoms with Gasteiger partial charge in [-0.2, -0.15) is 0 Å². The first-order valence-corrected chi connectivity index (χ1v) is 10.7. The smallest absolute Gasteiger partial charge is 0.234 e. The van der Waals surface area contributed by atoms with Crippen molar-refractivity contribution < 1.29 is 14.3 Å². The fourth-order valence-corrected chi connectivity index (χ4v) is 3.76. The number of anilines is 1. The number of nitrogens with zero attached hydrogens (tertiary/aromatic N) is 3. The number of para-hydroxylation sites is 1. The molecular formula is C22H24N4O3S. The maximum Gasteiger partial charge on any atom is 0.234 e. The summed E-state index contributed by atoms with van der Waals surface area (Å²) in [5, 5.41) is 12.1. The van der Waals surface area contributed by atoms with Gasteiger partial charge in [-0.25, -0.2) is 0 Å². The summed E-state index contributed by atoms with van der Waals surface area (Å²) < 4.78 is 7.68. The van der Waals surface area contributed by atoms with Gasteiger partial charge >= 0.3 is 0 Å². The van der Waals surface area contributed by atoms with E-state index in [1.807, 2.05) is 42.7 Å². The number of hydrogen-bond acceptors (Lipinski definition) is 6. The normalized spacial score (nSPS) is 10.6. The number of amides is 1. The lowest BCUT2D eigenvalue weighted by molar-refractivity contribution is -0.113. The number of nitrogens with one attached hydrogen (secondary N) is 1. The van der Waals surface area contributed by atoms with Gasteiger partial charge in [0, 0.05) is 17.8 Å². The van der Waals surface area contributed by atoms with Gasteiger partial charge in [-0.15, -0.1) is 10.2 Å². The van der Waals surface area contributed by atoms with Gasteiger partial charge in [0.15, 0.2) is 16.8 Å². The molecule has 0 fully saturated rings. The number of hydrogen-bond donors (Lipinski definition) is 1. The summed E-state index contributed by atoms with van der Waals surface area (Å²) in [5.74, 6) is 1.41. The van der Waals surface area contributed by atoms with Gasteiger partial charge in [-0.3, -0.25) is 9.59 Å². The summed E-state index contributed by atoms with van der Waals surface area (Å²) >= 11 is 1.31. The summed E-state index contributed by atoms with van der Waals surface area (Å²) in [6, 6.07) is 14.6. The predicted molar refractivity (Wildman–Crippen MR) is 118 cm³/mol. The zero-order valence-corrected chi connectivity index (χ0v) is 18.0. The number of aromatic nitrogens is 3. The third-order valence-electron chi connectivity index (χ3n) is 4.35. The van der Waals surface area contributed by atoms with Gasteiger partial charge in [0.05, 0.1) is 17.9 Å². The predicted octanol–water partition coefficient (Wildman–Crippen LogP) is 4.30. The lowest BCUT2D eigenvalue weighted by Gasteiger charge is -2.11. The zero-order valence-electron chi connectivity index (χ0n) is 17.2. The fourth-order valence-electron chi connectivity index (χ4n) is 2.96. The highest BCUT2D eigenvalue weighted by Crippen LogP contribution is 2.31. The van der Waals surface area contributed by atoms with Crippen LogP contribution in [0.25, 0.3) is 11.4 Å². The van der Waals surface area contributed by atoms with Crippen LogP contribution in [-0.2, 0) is 11.3 Å². The topological polar surface area (TPSA) is 86.1 Å². The van der Waals surface area contributed by atoms with Crippen LogP contribution in [0.3, 0.4) is 0 Å². The molecule has 1 N–H and O–H groups in total. The van der Waals surface area contributed by atoms with Crippen molar-refractivity contribution in [2.24, 2.45) is 0 Å². The number of ketones is 1. The Kier molecular flexibility index (Phi) is 7.24. The molecule has 3 rings (SSSR count). The minimum atomic E-state index is -0.178. The zero-order chi connectivity index (χ0) is 21.5. The van der Waals surface area contributed by atoms with E-state index < -0.39 is 0 Å². The molecule has 0 saturated heterocycles. The molecule has 0 aliphatic rings. The number of thioether (sulfide) groups is 1. The molecule has 156 valence electrons. The highest BCUT2D eigenvalue weighted by atomic mass is 32.2. The Morgan fingerprint density at radius 1 is 1.10 bits per heavy atom. The maximum atomic E-state index is 12.4. The Morgan fingerprint density at radius 2 is 1.90 bits per heavy atom. The van der Waals surface area contributed by atoms with Crippen LogP contribution in [0.4, 0.5) is 5.69 Å². The summed E-state index contributed by atoms with van der Waals surface area (Å²) in [7, 11) is 0. The molecule has 30 heavy (non-hydrogen) atoms. The molecule has 1 amide bonds. The molecule has 7 nitrogen and oxygen atoms in total. The van der Waals surface area contributed by atoms with Crippen LogP contribution in [0.15, 0.2) is 53.7 Å². The Morgan fingerprint density at radius 3 is 2.63 bits per heavy atom. The van der Waals surface area contributed by atoms with Crippen LogP contribution in [0, 0.1) is 0 Å². The van der Waals surface area contributed by atoms with Gasteiger partial charge in [0.25, 0.3) is 0 Å². The van der Waals surface area contributed by atoms with Crippen molar-refractivity contribution in [2.45, 2.75) is 32.5 Å². The Balaban J connectivity index is 1.72. The third-order valence-corrected chi connectivity index (χ3v) is 5.31. The van der Waals surface area contributed by atoms with Crippen molar-refractivity contribution in [1.29, 1.82) is 0 Å². The van der Waals surface area contributed by atoms with Crippen LogP contribution in [-0.4, -0.2) is 38.8 Å². The van der Waals surface area contributed by atoms with E-state index in [0.717, 1.165) is 11.3 Å². The van der Waals surface area contributed by atoms with Gasteiger partial charge in [-0.05, 0) is 45.0 Å². The molecular weight excluding hydrogens is 400 g/mol. The fraction of sp³-hybridized carbons (Fsp3) is 0.273. The maximum absolute atomic E-state index is 12.4. The van der Waals surface area contributed by atoms with E-state index in [4.69, 9.17) is 4.74 Å². The minimum Gasteiger partial charge on any atom is -0.493 e. The molecule has 3 aromatic rings. The SMILES string of the molecule is CCOc1ccccc1-c1nnc(SCC(=O)Nc2cccc(C(C)=O)c2)n1CC.